The molecule has 3 rings (SSSR count). The molecule has 6 heteroatoms. The van der Waals surface area contributed by atoms with Gasteiger partial charge in [0.15, 0.2) is 0 Å². The number of methoxy groups -OCH3 is 1. The van der Waals surface area contributed by atoms with Gasteiger partial charge in [-0.05, 0) is 61.4 Å². The average molecular weight is 400 g/mol. The van der Waals surface area contributed by atoms with Crippen molar-refractivity contribution >= 4 is 23.6 Å². The number of rotatable bonds is 5. The van der Waals surface area contributed by atoms with E-state index >= 15 is 0 Å². The third-order valence-corrected chi connectivity index (χ3v) is 4.63. The monoisotopic (exact) mass is 400 g/mol. The quantitative estimate of drug-likeness (QED) is 0.374. The number of nitrogens with zero attached hydrogens (tertiary/aromatic N) is 1. The van der Waals surface area contributed by atoms with Crippen LogP contribution >= 0.6 is 0 Å². The Balaban J connectivity index is 1.77. The number of esters is 1. The second-order valence-corrected chi connectivity index (χ2v) is 6.69. The molecule has 30 heavy (non-hydrogen) atoms. The van der Waals surface area contributed by atoms with Crippen molar-refractivity contribution in [2.45, 2.75) is 13.8 Å². The molecule has 3 aromatic rings. The molecule has 6 nitrogen and oxygen atoms in total. The predicted molar refractivity (Wildman–Crippen MR) is 114 cm³/mol. The number of ether oxygens (including phenoxy) is 1. The number of benzene rings is 2. The van der Waals surface area contributed by atoms with Crippen molar-refractivity contribution in [2.75, 3.05) is 12.4 Å². The number of carbonyl (C=O) groups is 2. The van der Waals surface area contributed by atoms with Crippen LogP contribution < -0.4 is 5.32 Å². The molecule has 0 aliphatic rings. The normalized spacial score (nSPS) is 10.9. The highest BCUT2D eigenvalue weighted by atomic mass is 16.5. The summed E-state index contributed by atoms with van der Waals surface area (Å²) in [7, 11) is 1.32. The number of hydrogen-bond donors (Lipinski definition) is 1. The fourth-order valence-corrected chi connectivity index (χ4v) is 2.78. The zero-order chi connectivity index (χ0) is 21.7. The van der Waals surface area contributed by atoms with Gasteiger partial charge in [0.1, 0.15) is 23.2 Å². The largest absolute Gasteiger partial charge is 0.465 e. The number of nitriles is 1. The van der Waals surface area contributed by atoms with Crippen molar-refractivity contribution < 1.29 is 18.7 Å². The molecule has 0 unspecified atom stereocenters. The number of nitrogens with one attached hydrogen (secondary N) is 1. The molecular formula is C24H20N2O4. The molecule has 0 atom stereocenters. The van der Waals surface area contributed by atoms with E-state index < -0.39 is 11.9 Å². The SMILES string of the molecule is COC(=O)c1ccc(-c2ccc(/C=C(\C#N)C(=O)Nc3ccc(C)c(C)c3)o2)cc1. The standard InChI is InChI=1S/C24H20N2O4/c1-15-4-9-20(12-16(15)2)26-23(27)19(14-25)13-21-10-11-22(30-21)17-5-7-18(8-6-17)24(28)29-3/h4-13H,1-3H3,(H,26,27)/b19-13+. The minimum atomic E-state index is -0.513. The van der Waals surface area contributed by atoms with Crippen molar-refractivity contribution in [2.24, 2.45) is 0 Å². The van der Waals surface area contributed by atoms with Crippen LogP contribution in [0.2, 0.25) is 0 Å². The molecule has 1 aromatic heterocycles. The van der Waals surface area contributed by atoms with Gasteiger partial charge in [0.05, 0.1) is 12.7 Å². The van der Waals surface area contributed by atoms with Crippen molar-refractivity contribution in [1.82, 2.24) is 0 Å². The topological polar surface area (TPSA) is 92.3 Å². The van der Waals surface area contributed by atoms with Crippen LogP contribution in [0.1, 0.15) is 27.2 Å². The summed E-state index contributed by atoms with van der Waals surface area (Å²) in [5, 5.41) is 12.1. The summed E-state index contributed by atoms with van der Waals surface area (Å²) in [6.07, 6.45) is 1.39. The summed E-state index contributed by atoms with van der Waals surface area (Å²) in [6.45, 7) is 3.94. The Morgan fingerprint density at radius 2 is 1.77 bits per heavy atom. The van der Waals surface area contributed by atoms with E-state index in [4.69, 9.17) is 4.42 Å². The molecule has 0 saturated heterocycles. The van der Waals surface area contributed by atoms with Gasteiger partial charge in [-0.15, -0.1) is 0 Å². The summed E-state index contributed by atoms with van der Waals surface area (Å²) in [4.78, 5) is 24.0. The summed E-state index contributed by atoms with van der Waals surface area (Å²) < 4.78 is 10.4. The second kappa shape index (κ2) is 8.93. The molecule has 0 saturated carbocycles. The van der Waals surface area contributed by atoms with Gasteiger partial charge < -0.3 is 14.5 Å². The number of furan rings is 1. The zero-order valence-electron chi connectivity index (χ0n) is 16.9. The second-order valence-electron chi connectivity index (χ2n) is 6.69. The maximum absolute atomic E-state index is 12.5. The Hall–Kier alpha value is -4.11. The Bertz CT molecular complexity index is 1160. The van der Waals surface area contributed by atoms with Crippen molar-refractivity contribution in [1.29, 1.82) is 5.26 Å². The van der Waals surface area contributed by atoms with Crippen LogP contribution in [0, 0.1) is 25.2 Å². The molecule has 150 valence electrons. The number of anilines is 1. The third-order valence-electron chi connectivity index (χ3n) is 4.63. The maximum Gasteiger partial charge on any atom is 0.337 e. The Labute approximate surface area is 174 Å². The number of amides is 1. The highest BCUT2D eigenvalue weighted by Crippen LogP contribution is 2.24. The van der Waals surface area contributed by atoms with Crippen molar-refractivity contribution in [3.63, 3.8) is 0 Å². The van der Waals surface area contributed by atoms with Crippen LogP contribution in [0.4, 0.5) is 5.69 Å². The Morgan fingerprint density at radius 1 is 1.03 bits per heavy atom. The fourth-order valence-electron chi connectivity index (χ4n) is 2.78. The summed E-state index contributed by atoms with van der Waals surface area (Å²) >= 11 is 0. The van der Waals surface area contributed by atoms with E-state index in [1.807, 2.05) is 32.0 Å². The zero-order valence-corrected chi connectivity index (χ0v) is 16.9. The first-order valence-electron chi connectivity index (χ1n) is 9.20. The fraction of sp³-hybridized carbons (Fsp3) is 0.125. The lowest BCUT2D eigenvalue weighted by Crippen LogP contribution is -2.13. The first-order chi connectivity index (χ1) is 14.4. The van der Waals surface area contributed by atoms with E-state index in [0.717, 1.165) is 16.7 Å². The van der Waals surface area contributed by atoms with E-state index in [1.54, 1.807) is 42.5 Å². The minimum absolute atomic E-state index is 0.0739. The Morgan fingerprint density at radius 3 is 2.40 bits per heavy atom. The minimum Gasteiger partial charge on any atom is -0.465 e. The maximum atomic E-state index is 12.5. The smallest absolute Gasteiger partial charge is 0.337 e. The van der Waals surface area contributed by atoms with E-state index in [-0.39, 0.29) is 5.57 Å². The van der Waals surface area contributed by atoms with E-state index in [1.165, 1.54) is 13.2 Å². The lowest BCUT2D eigenvalue weighted by Gasteiger charge is -2.06. The molecule has 1 heterocycles. The first-order valence-corrected chi connectivity index (χ1v) is 9.20. The van der Waals surface area contributed by atoms with Gasteiger partial charge in [0.2, 0.25) is 0 Å². The number of hydrogen-bond acceptors (Lipinski definition) is 5. The van der Waals surface area contributed by atoms with Crippen LogP contribution in [0.25, 0.3) is 17.4 Å². The molecular weight excluding hydrogens is 380 g/mol. The first kappa shape index (κ1) is 20.6. The molecule has 0 spiro atoms. The van der Waals surface area contributed by atoms with Gasteiger partial charge in [-0.3, -0.25) is 4.79 Å². The molecule has 0 aliphatic carbocycles. The molecule has 1 N–H and O–H groups in total. The molecule has 0 aliphatic heterocycles. The third kappa shape index (κ3) is 4.65. The molecule has 0 fully saturated rings. The van der Waals surface area contributed by atoms with Crippen molar-refractivity contribution in [3.05, 3.63) is 82.6 Å². The van der Waals surface area contributed by atoms with Crippen molar-refractivity contribution in [3.8, 4) is 17.4 Å². The lowest BCUT2D eigenvalue weighted by molar-refractivity contribution is -0.112. The molecule has 0 radical (unpaired) electrons. The van der Waals surface area contributed by atoms with E-state index in [9.17, 15) is 14.9 Å². The number of carbonyl (C=O) groups excluding carboxylic acids is 2. The molecule has 0 bridgehead atoms. The van der Waals surface area contributed by atoms with Gasteiger partial charge in [0, 0.05) is 17.3 Å². The highest BCUT2D eigenvalue weighted by molar-refractivity contribution is 6.09. The van der Waals surface area contributed by atoms with Crippen LogP contribution in [-0.4, -0.2) is 19.0 Å². The molecule has 2 aromatic carbocycles. The lowest BCUT2D eigenvalue weighted by atomic mass is 10.1. The summed E-state index contributed by atoms with van der Waals surface area (Å²) in [5.74, 6) is -0.0162. The highest BCUT2D eigenvalue weighted by Gasteiger charge is 2.12. The average Bonchev–Trinajstić information content (AvgIpc) is 3.22. The predicted octanol–water partition coefficient (Wildman–Crippen LogP) is 4.90. The van der Waals surface area contributed by atoms with Gasteiger partial charge in [-0.2, -0.15) is 5.26 Å². The van der Waals surface area contributed by atoms with Gasteiger partial charge >= 0.3 is 5.97 Å². The van der Waals surface area contributed by atoms with Crippen LogP contribution in [0.15, 0.2) is 64.6 Å². The van der Waals surface area contributed by atoms with E-state index in [2.05, 4.69) is 10.1 Å². The number of aryl methyl sites for hydroxylation is 2. The van der Waals surface area contributed by atoms with Crippen LogP contribution in [0.3, 0.4) is 0 Å². The Kier molecular flexibility index (Phi) is 6.14. The van der Waals surface area contributed by atoms with E-state index in [0.29, 0.717) is 22.8 Å². The van der Waals surface area contributed by atoms with Gasteiger partial charge in [0.25, 0.3) is 5.91 Å². The van der Waals surface area contributed by atoms with Crippen LogP contribution in [0.5, 0.6) is 0 Å². The summed E-state index contributed by atoms with van der Waals surface area (Å²) in [5.41, 5.74) is 3.89. The molecule has 1 amide bonds. The summed E-state index contributed by atoms with van der Waals surface area (Å²) in [6, 6.07) is 17.6. The van der Waals surface area contributed by atoms with Gasteiger partial charge in [-0.1, -0.05) is 18.2 Å². The van der Waals surface area contributed by atoms with Crippen LogP contribution in [-0.2, 0) is 9.53 Å². The van der Waals surface area contributed by atoms with Gasteiger partial charge in [-0.25, -0.2) is 4.79 Å².